The summed E-state index contributed by atoms with van der Waals surface area (Å²) < 4.78 is 27.8. The molecule has 10 heteroatoms. The molecule has 0 unspecified atom stereocenters. The van der Waals surface area contributed by atoms with Gasteiger partial charge in [-0.2, -0.15) is 4.31 Å². The Balaban J connectivity index is 1.62. The summed E-state index contributed by atoms with van der Waals surface area (Å²) in [5.74, 6) is 0. The van der Waals surface area contributed by atoms with Crippen LogP contribution >= 0.6 is 11.3 Å². The molecule has 168 valence electrons. The Kier molecular flexibility index (Phi) is 6.27. The maximum Gasteiger partial charge on any atom is 0.270 e. The molecule has 1 aromatic heterocycles. The first-order chi connectivity index (χ1) is 15.3. The lowest BCUT2D eigenvalue weighted by atomic mass is 10.0. The van der Waals surface area contributed by atoms with Crippen LogP contribution in [0.4, 0.5) is 11.4 Å². The van der Waals surface area contributed by atoms with Crippen molar-refractivity contribution < 1.29 is 13.3 Å². The highest BCUT2D eigenvalue weighted by molar-refractivity contribution is 7.89. The smallest absolute Gasteiger partial charge is 0.270 e. The minimum Gasteiger partial charge on any atom is -0.377 e. The third-order valence-electron chi connectivity index (χ3n) is 5.56. The summed E-state index contributed by atoms with van der Waals surface area (Å²) in [5, 5.41) is 17.5. The number of nitrogens with zero attached hydrogens (tertiary/aromatic N) is 3. The first kappa shape index (κ1) is 22.4. The zero-order chi connectivity index (χ0) is 22.9. The van der Waals surface area contributed by atoms with Gasteiger partial charge >= 0.3 is 0 Å². The van der Waals surface area contributed by atoms with E-state index in [0.29, 0.717) is 18.8 Å². The SMILES string of the molecule is Cc1nc(-c2ccc([C@@H](C)Nc3ccc([N+](=O)[O-])cc3S(=O)(=O)N3CCCC3)cc2)cs1. The highest BCUT2D eigenvalue weighted by Crippen LogP contribution is 2.33. The predicted octanol–water partition coefficient (Wildman–Crippen LogP) is 4.98. The number of thiazole rings is 1. The second-order valence-electron chi connectivity index (χ2n) is 7.79. The van der Waals surface area contributed by atoms with Crippen LogP contribution < -0.4 is 5.32 Å². The van der Waals surface area contributed by atoms with E-state index in [1.165, 1.54) is 16.4 Å². The molecule has 2 heterocycles. The van der Waals surface area contributed by atoms with Gasteiger partial charge in [0.1, 0.15) is 4.90 Å². The van der Waals surface area contributed by atoms with Crippen molar-refractivity contribution in [2.24, 2.45) is 0 Å². The standard InChI is InChI=1S/C22H24N4O4S2/c1-15(17-5-7-18(8-6-17)21-14-31-16(2)24-21)23-20-10-9-19(26(27)28)13-22(20)32(29,30)25-11-3-4-12-25/h5-10,13-15,23H,3-4,11-12H2,1-2H3/t15-/m1/s1. The van der Waals surface area contributed by atoms with Crippen LogP contribution in [0.5, 0.6) is 0 Å². The van der Waals surface area contributed by atoms with Crippen molar-refractivity contribution in [2.75, 3.05) is 18.4 Å². The van der Waals surface area contributed by atoms with E-state index >= 15 is 0 Å². The molecule has 1 fully saturated rings. The van der Waals surface area contributed by atoms with E-state index in [0.717, 1.165) is 40.7 Å². The molecule has 0 saturated carbocycles. The van der Waals surface area contributed by atoms with Gasteiger partial charge in [-0.15, -0.1) is 11.3 Å². The van der Waals surface area contributed by atoms with Gasteiger partial charge < -0.3 is 5.32 Å². The summed E-state index contributed by atoms with van der Waals surface area (Å²) in [6.45, 7) is 4.75. The van der Waals surface area contributed by atoms with E-state index in [4.69, 9.17) is 0 Å². The molecule has 0 aliphatic carbocycles. The van der Waals surface area contributed by atoms with Crippen LogP contribution in [-0.4, -0.2) is 35.7 Å². The van der Waals surface area contributed by atoms with Crippen LogP contribution in [0.15, 0.2) is 52.7 Å². The molecule has 2 aromatic carbocycles. The van der Waals surface area contributed by atoms with Gasteiger partial charge in [0, 0.05) is 42.2 Å². The van der Waals surface area contributed by atoms with Crippen LogP contribution in [0.25, 0.3) is 11.3 Å². The fourth-order valence-electron chi connectivity index (χ4n) is 3.78. The summed E-state index contributed by atoms with van der Waals surface area (Å²) in [7, 11) is -3.83. The molecule has 8 nitrogen and oxygen atoms in total. The van der Waals surface area contributed by atoms with E-state index in [1.807, 2.05) is 43.5 Å². The summed E-state index contributed by atoms with van der Waals surface area (Å²) in [5.41, 5.74) is 3.01. The Hall–Kier alpha value is -2.82. The molecule has 0 amide bonds. The van der Waals surface area contributed by atoms with E-state index in [9.17, 15) is 18.5 Å². The number of aryl methyl sites for hydroxylation is 1. The van der Waals surface area contributed by atoms with Crippen LogP contribution in [0.2, 0.25) is 0 Å². The van der Waals surface area contributed by atoms with Crippen LogP contribution in [0.1, 0.15) is 36.4 Å². The topological polar surface area (TPSA) is 105 Å². The summed E-state index contributed by atoms with van der Waals surface area (Å²) in [6, 6.07) is 11.7. The lowest BCUT2D eigenvalue weighted by Crippen LogP contribution is -2.28. The maximum absolute atomic E-state index is 13.2. The van der Waals surface area contributed by atoms with Crippen LogP contribution in [-0.2, 0) is 10.0 Å². The van der Waals surface area contributed by atoms with E-state index < -0.39 is 14.9 Å². The number of benzene rings is 2. The Bertz CT molecular complexity index is 1230. The molecule has 1 aliphatic heterocycles. The van der Waals surface area contributed by atoms with Crippen molar-refractivity contribution in [3.8, 4) is 11.3 Å². The largest absolute Gasteiger partial charge is 0.377 e. The monoisotopic (exact) mass is 472 g/mol. The third-order valence-corrected chi connectivity index (χ3v) is 8.27. The Morgan fingerprint density at radius 2 is 1.84 bits per heavy atom. The molecule has 1 aliphatic rings. The second-order valence-corrected chi connectivity index (χ2v) is 10.8. The highest BCUT2D eigenvalue weighted by Gasteiger charge is 2.31. The molecule has 0 bridgehead atoms. The molecule has 4 rings (SSSR count). The quantitative estimate of drug-likeness (QED) is 0.384. The number of hydrogen-bond acceptors (Lipinski definition) is 7. The summed E-state index contributed by atoms with van der Waals surface area (Å²) in [6.07, 6.45) is 1.58. The predicted molar refractivity (Wildman–Crippen MR) is 125 cm³/mol. The highest BCUT2D eigenvalue weighted by atomic mass is 32.2. The molecule has 1 saturated heterocycles. The molecule has 3 aromatic rings. The zero-order valence-corrected chi connectivity index (χ0v) is 19.4. The Morgan fingerprint density at radius 3 is 2.44 bits per heavy atom. The van der Waals surface area contributed by atoms with Gasteiger partial charge in [-0.1, -0.05) is 24.3 Å². The molecule has 0 radical (unpaired) electrons. The second kappa shape index (κ2) is 8.97. The number of sulfonamides is 1. The summed E-state index contributed by atoms with van der Waals surface area (Å²) in [4.78, 5) is 15.1. The molecular formula is C22H24N4O4S2. The Morgan fingerprint density at radius 1 is 1.16 bits per heavy atom. The fourth-order valence-corrected chi connectivity index (χ4v) is 6.09. The molecule has 1 N–H and O–H groups in total. The van der Waals surface area contributed by atoms with Gasteiger partial charge in [0.25, 0.3) is 5.69 Å². The van der Waals surface area contributed by atoms with E-state index in [-0.39, 0.29) is 16.6 Å². The summed E-state index contributed by atoms with van der Waals surface area (Å²) >= 11 is 1.60. The van der Waals surface area contributed by atoms with Crippen molar-refractivity contribution in [3.05, 3.63) is 68.5 Å². The Labute approximate surface area is 191 Å². The molecule has 32 heavy (non-hydrogen) atoms. The minimum atomic E-state index is -3.83. The minimum absolute atomic E-state index is 0.0602. The van der Waals surface area contributed by atoms with Gasteiger partial charge in [-0.25, -0.2) is 13.4 Å². The van der Waals surface area contributed by atoms with Crippen molar-refractivity contribution in [1.29, 1.82) is 0 Å². The van der Waals surface area contributed by atoms with Gasteiger partial charge in [0.15, 0.2) is 0 Å². The van der Waals surface area contributed by atoms with Gasteiger partial charge in [0.2, 0.25) is 10.0 Å². The van der Waals surface area contributed by atoms with Crippen molar-refractivity contribution >= 4 is 32.7 Å². The van der Waals surface area contributed by atoms with Crippen molar-refractivity contribution in [3.63, 3.8) is 0 Å². The number of hydrogen-bond donors (Lipinski definition) is 1. The lowest BCUT2D eigenvalue weighted by molar-refractivity contribution is -0.385. The molecule has 1 atom stereocenters. The number of nitro benzene ring substituents is 1. The maximum atomic E-state index is 13.2. The number of rotatable bonds is 7. The third kappa shape index (κ3) is 4.52. The zero-order valence-electron chi connectivity index (χ0n) is 17.8. The number of nitro groups is 1. The number of aromatic nitrogens is 1. The van der Waals surface area contributed by atoms with Crippen molar-refractivity contribution in [1.82, 2.24) is 9.29 Å². The van der Waals surface area contributed by atoms with Crippen molar-refractivity contribution in [2.45, 2.75) is 37.6 Å². The average molecular weight is 473 g/mol. The first-order valence-electron chi connectivity index (χ1n) is 10.3. The normalized spacial score (nSPS) is 15.6. The van der Waals surface area contributed by atoms with E-state index in [2.05, 4.69) is 10.3 Å². The van der Waals surface area contributed by atoms with E-state index in [1.54, 1.807) is 11.3 Å². The van der Waals surface area contributed by atoms with Crippen LogP contribution in [0, 0.1) is 17.0 Å². The number of non-ortho nitro benzene ring substituents is 1. The number of nitrogens with one attached hydrogen (secondary N) is 1. The van der Waals surface area contributed by atoms with Gasteiger partial charge in [0.05, 0.1) is 21.3 Å². The first-order valence-corrected chi connectivity index (χ1v) is 12.7. The number of anilines is 1. The average Bonchev–Trinajstić information content (AvgIpc) is 3.46. The van der Waals surface area contributed by atoms with Gasteiger partial charge in [-0.3, -0.25) is 10.1 Å². The molecular weight excluding hydrogens is 448 g/mol. The van der Waals surface area contributed by atoms with Gasteiger partial charge in [-0.05, 0) is 38.3 Å². The fraction of sp³-hybridized carbons (Fsp3) is 0.318. The lowest BCUT2D eigenvalue weighted by Gasteiger charge is -2.21. The van der Waals surface area contributed by atoms with Crippen LogP contribution in [0.3, 0.4) is 0 Å². The molecule has 0 spiro atoms.